The molecule has 4 aliphatic carbocycles. The van der Waals surface area contributed by atoms with Gasteiger partial charge in [-0.3, -0.25) is 0 Å². The molecule has 1 aliphatic heterocycles. The highest BCUT2D eigenvalue weighted by molar-refractivity contribution is 5.68. The number of carbonyl (C=O) groups excluding carboxylic acids is 1. The van der Waals surface area contributed by atoms with Crippen LogP contribution in [0.1, 0.15) is 83.1 Å². The fourth-order valence-electron chi connectivity index (χ4n) is 8.85. The summed E-state index contributed by atoms with van der Waals surface area (Å²) in [5.74, 6) is 2.33. The highest BCUT2D eigenvalue weighted by atomic mass is 16.6. The molecule has 0 bridgehead atoms. The largest absolute Gasteiger partial charge is 0.446 e. The van der Waals surface area contributed by atoms with Crippen molar-refractivity contribution < 1.29 is 19.1 Å². The highest BCUT2D eigenvalue weighted by Gasteiger charge is 2.58. The summed E-state index contributed by atoms with van der Waals surface area (Å²) in [4.78, 5) is 25.8. The smallest absolute Gasteiger partial charge is 0.410 e. The van der Waals surface area contributed by atoms with Gasteiger partial charge in [0.05, 0.1) is 12.4 Å². The number of hydrogen-bond acceptors (Lipinski definition) is 5. The molecule has 6 heteroatoms. The molecule has 35 heavy (non-hydrogen) atoms. The van der Waals surface area contributed by atoms with E-state index in [0.29, 0.717) is 48.6 Å². The summed E-state index contributed by atoms with van der Waals surface area (Å²) in [6, 6.07) is 3.53. The van der Waals surface area contributed by atoms with Crippen molar-refractivity contribution in [2.24, 2.45) is 28.6 Å². The first kappa shape index (κ1) is 23.3. The number of amides is 1. The summed E-state index contributed by atoms with van der Waals surface area (Å²) in [6.07, 6.45) is 13.1. The second-order valence-corrected chi connectivity index (χ2v) is 12.5. The van der Waals surface area contributed by atoms with Crippen LogP contribution >= 0.6 is 0 Å². The summed E-state index contributed by atoms with van der Waals surface area (Å²) in [5, 5.41) is 9.76. The van der Waals surface area contributed by atoms with E-state index in [-0.39, 0.29) is 23.2 Å². The van der Waals surface area contributed by atoms with Crippen LogP contribution in [0.3, 0.4) is 0 Å². The van der Waals surface area contributed by atoms with Crippen molar-refractivity contribution in [2.45, 2.75) is 89.8 Å². The van der Waals surface area contributed by atoms with Gasteiger partial charge in [0.2, 0.25) is 0 Å². The summed E-state index contributed by atoms with van der Waals surface area (Å²) in [7, 11) is 0. The molecular weight excluding hydrogens is 442 g/mol. The number of nitrogens with zero attached hydrogens (tertiary/aromatic N) is 1. The number of hydrogen-bond donors (Lipinski definition) is 1. The van der Waals surface area contributed by atoms with Crippen molar-refractivity contribution in [3.8, 4) is 0 Å². The lowest BCUT2D eigenvalue weighted by molar-refractivity contribution is -0.0868. The quantitative estimate of drug-likeness (QED) is 0.583. The molecule has 6 rings (SSSR count). The molecule has 1 saturated heterocycles. The Bertz CT molecular complexity index is 1060. The number of β-amino-alcohol motifs (C(OH)–C–C–N with tert-alkyl or cyclic N) is 1. The zero-order valence-electron chi connectivity index (χ0n) is 21.1. The maximum Gasteiger partial charge on any atom is 0.410 e. The van der Waals surface area contributed by atoms with Gasteiger partial charge < -0.3 is 19.2 Å². The lowest BCUT2D eigenvalue weighted by Crippen LogP contribution is -2.52. The first-order chi connectivity index (χ1) is 16.8. The molecule has 3 saturated carbocycles. The predicted octanol–water partition coefficient (Wildman–Crippen LogP) is 5.26. The Balaban J connectivity index is 1.15. The van der Waals surface area contributed by atoms with Gasteiger partial charge in [-0.1, -0.05) is 25.5 Å². The van der Waals surface area contributed by atoms with Gasteiger partial charge in [0.1, 0.15) is 6.10 Å². The standard InChI is InChI=1S/C29H39NO5/c1-28-12-9-21(35-27(33)30-14-11-20(31)16-30)15-19(28)4-5-22-24-7-6-23(18-3-8-26(32)34-17-18)29(24,2)13-10-25(22)28/h3,7-8,17,19-23,25,31H,4-6,9-16H2,1-2H3/t19?,20-,21?,22?,23?,25?,28?,29?/m0/s1. The normalized spacial score (nSPS) is 42.6. The lowest BCUT2D eigenvalue weighted by atomic mass is 9.46. The maximum absolute atomic E-state index is 12.6. The molecule has 8 atom stereocenters. The Labute approximate surface area is 207 Å². The minimum absolute atomic E-state index is 0.00605. The summed E-state index contributed by atoms with van der Waals surface area (Å²) < 4.78 is 11.2. The number of fused-ring (bicyclic) bond motifs is 5. The van der Waals surface area contributed by atoms with Crippen LogP contribution in [0.4, 0.5) is 4.79 Å². The van der Waals surface area contributed by atoms with Crippen molar-refractivity contribution >= 4 is 6.09 Å². The Morgan fingerprint density at radius 1 is 1.14 bits per heavy atom. The van der Waals surface area contributed by atoms with E-state index in [4.69, 9.17) is 9.15 Å². The number of carbonyl (C=O) groups is 1. The molecule has 7 unspecified atom stereocenters. The predicted molar refractivity (Wildman–Crippen MR) is 132 cm³/mol. The maximum atomic E-state index is 12.6. The first-order valence-electron chi connectivity index (χ1n) is 13.7. The van der Waals surface area contributed by atoms with Crippen LogP contribution in [-0.2, 0) is 4.74 Å². The molecule has 0 radical (unpaired) electrons. The van der Waals surface area contributed by atoms with Gasteiger partial charge in [-0.2, -0.15) is 0 Å². The first-order valence-corrected chi connectivity index (χ1v) is 13.7. The van der Waals surface area contributed by atoms with Crippen LogP contribution in [0.2, 0.25) is 0 Å². The van der Waals surface area contributed by atoms with Crippen molar-refractivity contribution in [1.29, 1.82) is 0 Å². The zero-order valence-corrected chi connectivity index (χ0v) is 21.1. The minimum Gasteiger partial charge on any atom is -0.446 e. The molecule has 190 valence electrons. The molecule has 1 N–H and O–H groups in total. The zero-order chi connectivity index (χ0) is 24.4. The Hall–Kier alpha value is -2.08. The van der Waals surface area contributed by atoms with Gasteiger partial charge in [-0.25, -0.2) is 9.59 Å². The van der Waals surface area contributed by atoms with E-state index in [2.05, 4.69) is 19.9 Å². The molecule has 5 aliphatic rings. The molecule has 1 amide bonds. The number of allylic oxidation sites excluding steroid dienone is 2. The van der Waals surface area contributed by atoms with E-state index in [0.717, 1.165) is 31.2 Å². The third-order valence-electron chi connectivity index (χ3n) is 10.8. The third kappa shape index (κ3) is 3.78. The van der Waals surface area contributed by atoms with Crippen LogP contribution in [0, 0.1) is 28.6 Å². The molecule has 4 fully saturated rings. The van der Waals surface area contributed by atoms with Crippen LogP contribution in [0.5, 0.6) is 0 Å². The number of aliphatic hydroxyl groups is 1. The molecule has 2 heterocycles. The second kappa shape index (κ2) is 8.50. The van der Waals surface area contributed by atoms with Crippen molar-refractivity contribution in [3.05, 3.63) is 46.0 Å². The van der Waals surface area contributed by atoms with Gasteiger partial charge in [0.15, 0.2) is 0 Å². The van der Waals surface area contributed by atoms with E-state index in [9.17, 15) is 14.7 Å². The van der Waals surface area contributed by atoms with Gasteiger partial charge in [-0.15, -0.1) is 0 Å². The van der Waals surface area contributed by atoms with E-state index >= 15 is 0 Å². The van der Waals surface area contributed by atoms with E-state index in [1.165, 1.54) is 25.7 Å². The van der Waals surface area contributed by atoms with Gasteiger partial charge in [0.25, 0.3) is 0 Å². The number of rotatable bonds is 2. The van der Waals surface area contributed by atoms with Gasteiger partial charge >= 0.3 is 11.7 Å². The SMILES string of the molecule is CC12CCC3C(CCC4CC(OC(=O)N5CC[C@H](O)C5)CCC43C)C1=CCC2c1ccc(=O)oc1. The van der Waals surface area contributed by atoms with Crippen LogP contribution in [-0.4, -0.2) is 41.4 Å². The summed E-state index contributed by atoms with van der Waals surface area (Å²) in [5.41, 5.74) is 2.99. The Morgan fingerprint density at radius 2 is 2.00 bits per heavy atom. The number of ether oxygens (including phenoxy) is 1. The molecule has 1 aromatic heterocycles. The fraction of sp³-hybridized carbons (Fsp3) is 0.724. The monoisotopic (exact) mass is 481 g/mol. The summed E-state index contributed by atoms with van der Waals surface area (Å²) >= 11 is 0. The molecule has 0 aromatic carbocycles. The van der Waals surface area contributed by atoms with E-state index in [1.807, 2.05) is 6.07 Å². The van der Waals surface area contributed by atoms with Gasteiger partial charge in [-0.05, 0) is 104 Å². The van der Waals surface area contributed by atoms with Crippen LogP contribution < -0.4 is 5.63 Å². The van der Waals surface area contributed by atoms with Gasteiger partial charge in [0, 0.05) is 19.2 Å². The second-order valence-electron chi connectivity index (χ2n) is 12.5. The van der Waals surface area contributed by atoms with Crippen molar-refractivity contribution in [3.63, 3.8) is 0 Å². The van der Waals surface area contributed by atoms with E-state index < -0.39 is 6.10 Å². The molecular formula is C29H39NO5. The average molecular weight is 482 g/mol. The average Bonchev–Trinajstić information content (AvgIpc) is 3.43. The number of likely N-dealkylation sites (tertiary alicyclic amines) is 1. The van der Waals surface area contributed by atoms with Crippen molar-refractivity contribution in [1.82, 2.24) is 4.90 Å². The number of aliphatic hydroxyl groups excluding tert-OH is 1. The topological polar surface area (TPSA) is 80.0 Å². The third-order valence-corrected chi connectivity index (χ3v) is 10.8. The molecule has 0 spiro atoms. The summed E-state index contributed by atoms with van der Waals surface area (Å²) in [6.45, 7) is 5.96. The Kier molecular flexibility index (Phi) is 5.66. The molecule has 6 nitrogen and oxygen atoms in total. The molecule has 1 aromatic rings. The highest BCUT2D eigenvalue weighted by Crippen LogP contribution is 2.67. The fourth-order valence-corrected chi connectivity index (χ4v) is 8.85. The van der Waals surface area contributed by atoms with E-state index in [1.54, 1.807) is 22.8 Å². The minimum atomic E-state index is -0.408. The van der Waals surface area contributed by atoms with Crippen molar-refractivity contribution in [2.75, 3.05) is 13.1 Å². The lowest BCUT2D eigenvalue weighted by Gasteiger charge is -2.59. The Morgan fingerprint density at radius 3 is 2.74 bits per heavy atom. The van der Waals surface area contributed by atoms with Crippen LogP contribution in [0.15, 0.2) is 39.3 Å². The van der Waals surface area contributed by atoms with Crippen LogP contribution in [0.25, 0.3) is 0 Å².